The molecule has 2 N–H and O–H groups in total. The Hall–Kier alpha value is -1.70. The number of nitrogens with one attached hydrogen (secondary N) is 2. The number of hydrogen-bond donors (Lipinski definition) is 2. The number of benzene rings is 1. The number of ether oxygens (including phenoxy) is 2. The topological polar surface area (TPSA) is 67.8 Å². The number of fused-ring (bicyclic) bond motifs is 1. The van der Waals surface area contributed by atoms with Crippen molar-refractivity contribution in [3.05, 3.63) is 29.3 Å². The smallest absolute Gasteiger partial charge is 0.190 e. The third-order valence-corrected chi connectivity index (χ3v) is 4.71. The second-order valence-corrected chi connectivity index (χ2v) is 6.68. The molecular weight excluding hydrogens is 336 g/mol. The van der Waals surface area contributed by atoms with Gasteiger partial charge in [0, 0.05) is 40.3 Å². The van der Waals surface area contributed by atoms with E-state index in [4.69, 9.17) is 9.47 Å². The largest absolute Gasteiger partial charge is 0.382 e. The second-order valence-electron chi connectivity index (χ2n) is 5.56. The van der Waals surface area contributed by atoms with Crippen LogP contribution in [0.2, 0.25) is 0 Å². The molecule has 0 aliphatic rings. The van der Waals surface area contributed by atoms with Crippen molar-refractivity contribution in [1.82, 2.24) is 15.6 Å². The Morgan fingerprint density at radius 3 is 2.68 bits per heavy atom. The molecule has 2 rings (SSSR count). The molecule has 25 heavy (non-hydrogen) atoms. The van der Waals surface area contributed by atoms with Crippen molar-refractivity contribution in [2.24, 2.45) is 4.99 Å². The lowest BCUT2D eigenvalue weighted by atomic mass is 10.3. The number of aliphatic imine (C=N–C) groups is 1. The Kier molecular flexibility index (Phi) is 9.25. The van der Waals surface area contributed by atoms with E-state index in [-0.39, 0.29) is 0 Å². The standard InChI is InChI=1S/C18H28N4O2S/c1-19-18(21-11-6-12-24-14-13-23-2)20-10-5-9-17-22-15-7-3-4-8-16(15)25-17/h3-4,7-8H,5-6,9-14H2,1-2H3,(H2,19,20,21). The maximum atomic E-state index is 5.43. The first-order valence-corrected chi connectivity index (χ1v) is 9.51. The number of thiazole rings is 1. The highest BCUT2D eigenvalue weighted by molar-refractivity contribution is 7.18. The van der Waals surface area contributed by atoms with Crippen LogP contribution in [0.1, 0.15) is 17.8 Å². The number of guanidine groups is 1. The fourth-order valence-corrected chi connectivity index (χ4v) is 3.33. The number of rotatable bonds is 11. The van der Waals surface area contributed by atoms with Crippen LogP contribution in [-0.2, 0) is 15.9 Å². The van der Waals surface area contributed by atoms with Crippen LogP contribution < -0.4 is 10.6 Å². The molecule has 0 aliphatic heterocycles. The highest BCUT2D eigenvalue weighted by Gasteiger charge is 2.03. The van der Waals surface area contributed by atoms with Crippen molar-refractivity contribution < 1.29 is 9.47 Å². The van der Waals surface area contributed by atoms with E-state index in [9.17, 15) is 0 Å². The van der Waals surface area contributed by atoms with Gasteiger partial charge in [-0.2, -0.15) is 0 Å². The SMILES string of the molecule is CN=C(NCCCOCCOC)NCCCc1nc2ccccc2s1. The average Bonchev–Trinajstić information content (AvgIpc) is 3.05. The van der Waals surface area contributed by atoms with E-state index < -0.39 is 0 Å². The molecule has 2 aromatic rings. The van der Waals surface area contributed by atoms with Crippen molar-refractivity contribution in [2.75, 3.05) is 47.1 Å². The van der Waals surface area contributed by atoms with Gasteiger partial charge in [0.05, 0.1) is 28.4 Å². The van der Waals surface area contributed by atoms with E-state index >= 15 is 0 Å². The molecule has 0 atom stereocenters. The van der Waals surface area contributed by atoms with Gasteiger partial charge in [0.2, 0.25) is 0 Å². The molecule has 0 fully saturated rings. The van der Waals surface area contributed by atoms with Crippen molar-refractivity contribution in [2.45, 2.75) is 19.3 Å². The lowest BCUT2D eigenvalue weighted by molar-refractivity contribution is 0.0698. The van der Waals surface area contributed by atoms with Gasteiger partial charge in [0.25, 0.3) is 0 Å². The first-order valence-electron chi connectivity index (χ1n) is 8.69. The molecule has 6 nitrogen and oxygen atoms in total. The molecule has 0 saturated carbocycles. The number of hydrogen-bond acceptors (Lipinski definition) is 5. The molecule has 0 radical (unpaired) electrons. The van der Waals surface area contributed by atoms with Crippen molar-refractivity contribution in [3.63, 3.8) is 0 Å². The van der Waals surface area contributed by atoms with Gasteiger partial charge in [-0.1, -0.05) is 12.1 Å². The molecule has 1 heterocycles. The Balaban J connectivity index is 1.56. The van der Waals surface area contributed by atoms with Gasteiger partial charge in [0.1, 0.15) is 0 Å². The molecule has 0 saturated heterocycles. The number of aromatic nitrogens is 1. The van der Waals surface area contributed by atoms with Gasteiger partial charge in [-0.05, 0) is 25.0 Å². The Labute approximate surface area is 153 Å². The Morgan fingerprint density at radius 1 is 1.12 bits per heavy atom. The third kappa shape index (κ3) is 7.37. The van der Waals surface area contributed by atoms with Crippen molar-refractivity contribution in [1.29, 1.82) is 0 Å². The zero-order valence-electron chi connectivity index (χ0n) is 15.1. The van der Waals surface area contributed by atoms with E-state index in [1.54, 1.807) is 25.5 Å². The lowest BCUT2D eigenvalue weighted by Gasteiger charge is -2.11. The molecule has 0 unspecified atom stereocenters. The van der Waals surface area contributed by atoms with Crippen LogP contribution in [0.5, 0.6) is 0 Å². The lowest BCUT2D eigenvalue weighted by Crippen LogP contribution is -2.38. The minimum absolute atomic E-state index is 0.644. The summed E-state index contributed by atoms with van der Waals surface area (Å²) in [5.41, 5.74) is 1.10. The predicted octanol–water partition coefficient (Wildman–Crippen LogP) is 2.45. The highest BCUT2D eigenvalue weighted by atomic mass is 32.1. The summed E-state index contributed by atoms with van der Waals surface area (Å²) in [4.78, 5) is 8.90. The Bertz CT molecular complexity index is 612. The molecule has 1 aromatic heterocycles. The van der Waals surface area contributed by atoms with Crippen LogP contribution in [0.3, 0.4) is 0 Å². The van der Waals surface area contributed by atoms with E-state index in [1.165, 1.54) is 9.71 Å². The number of methoxy groups -OCH3 is 1. The molecule has 0 bridgehead atoms. The number of nitrogens with zero attached hydrogens (tertiary/aromatic N) is 2. The maximum Gasteiger partial charge on any atom is 0.190 e. The monoisotopic (exact) mass is 364 g/mol. The van der Waals surface area contributed by atoms with E-state index in [1.807, 2.05) is 6.07 Å². The van der Waals surface area contributed by atoms with E-state index in [0.717, 1.165) is 50.4 Å². The van der Waals surface area contributed by atoms with Crippen LogP contribution in [0, 0.1) is 0 Å². The zero-order chi connectivity index (χ0) is 17.7. The Morgan fingerprint density at radius 2 is 1.92 bits per heavy atom. The van der Waals surface area contributed by atoms with E-state index in [2.05, 4.69) is 38.8 Å². The average molecular weight is 365 g/mol. The highest BCUT2D eigenvalue weighted by Crippen LogP contribution is 2.22. The molecule has 138 valence electrons. The minimum atomic E-state index is 0.644. The summed E-state index contributed by atoms with van der Waals surface area (Å²) in [6, 6.07) is 8.29. The van der Waals surface area contributed by atoms with Gasteiger partial charge >= 0.3 is 0 Å². The maximum absolute atomic E-state index is 5.43. The summed E-state index contributed by atoms with van der Waals surface area (Å²) in [6.45, 7) is 3.73. The predicted molar refractivity (Wildman–Crippen MR) is 105 cm³/mol. The fraction of sp³-hybridized carbons (Fsp3) is 0.556. The van der Waals surface area contributed by atoms with Gasteiger partial charge in [-0.3, -0.25) is 4.99 Å². The molecule has 1 aromatic carbocycles. The van der Waals surface area contributed by atoms with Crippen LogP contribution in [0.4, 0.5) is 0 Å². The third-order valence-electron chi connectivity index (χ3n) is 3.61. The summed E-state index contributed by atoms with van der Waals surface area (Å²) < 4.78 is 11.6. The summed E-state index contributed by atoms with van der Waals surface area (Å²) in [6.07, 6.45) is 2.95. The first-order chi connectivity index (χ1) is 12.3. The normalized spacial score (nSPS) is 11.8. The first kappa shape index (κ1) is 19.6. The van der Waals surface area contributed by atoms with Crippen molar-refractivity contribution in [3.8, 4) is 0 Å². The summed E-state index contributed by atoms with van der Waals surface area (Å²) in [5.74, 6) is 0.834. The number of aryl methyl sites for hydroxylation is 1. The minimum Gasteiger partial charge on any atom is -0.382 e. The van der Waals surface area contributed by atoms with Crippen LogP contribution in [0.15, 0.2) is 29.3 Å². The van der Waals surface area contributed by atoms with Gasteiger partial charge in [-0.25, -0.2) is 4.98 Å². The van der Waals surface area contributed by atoms with Crippen LogP contribution in [0.25, 0.3) is 10.2 Å². The quantitative estimate of drug-likeness (QED) is 0.364. The molecule has 0 amide bonds. The molecule has 7 heteroatoms. The molecule has 0 spiro atoms. The van der Waals surface area contributed by atoms with Gasteiger partial charge < -0.3 is 20.1 Å². The summed E-state index contributed by atoms with van der Waals surface area (Å²) >= 11 is 1.78. The van der Waals surface area contributed by atoms with E-state index in [0.29, 0.717) is 13.2 Å². The second kappa shape index (κ2) is 11.8. The van der Waals surface area contributed by atoms with Crippen LogP contribution in [-0.4, -0.2) is 58.0 Å². The van der Waals surface area contributed by atoms with Crippen molar-refractivity contribution >= 4 is 27.5 Å². The zero-order valence-corrected chi connectivity index (χ0v) is 15.9. The summed E-state index contributed by atoms with van der Waals surface area (Å²) in [7, 11) is 3.47. The van der Waals surface area contributed by atoms with Crippen LogP contribution >= 0.6 is 11.3 Å². The fourth-order valence-electron chi connectivity index (χ4n) is 2.32. The van der Waals surface area contributed by atoms with Gasteiger partial charge in [-0.15, -0.1) is 11.3 Å². The van der Waals surface area contributed by atoms with Gasteiger partial charge in [0.15, 0.2) is 5.96 Å². The number of para-hydroxylation sites is 1. The summed E-state index contributed by atoms with van der Waals surface area (Å²) in [5, 5.41) is 7.83. The molecule has 0 aliphatic carbocycles. The molecular formula is C18H28N4O2S.